The van der Waals surface area contributed by atoms with Crippen LogP contribution in [0.2, 0.25) is 0 Å². The summed E-state index contributed by atoms with van der Waals surface area (Å²) in [6, 6.07) is 18.1. The molecule has 7 heteroatoms. The molecule has 0 saturated heterocycles. The van der Waals surface area contributed by atoms with E-state index in [-0.39, 0.29) is 0 Å². The molecule has 0 spiro atoms. The molecule has 6 nitrogen and oxygen atoms in total. The van der Waals surface area contributed by atoms with Gasteiger partial charge in [-0.1, -0.05) is 54.2 Å². The number of H-pyrrole nitrogens is 1. The zero-order chi connectivity index (χ0) is 18.1. The standard InChI is InChI=1S/C20H14N6S/c1-2-6-13(7-3-1)17-16(25-14-8-4-5-9-15(14)26-17)10-27-20-18-19(22-11-21-18)23-12-24-20/h1-9,11-12H,10H2,(H,21,22,23,24). The van der Waals surface area contributed by atoms with Gasteiger partial charge in [0.1, 0.15) is 16.9 Å². The second kappa shape index (κ2) is 6.77. The third-order valence-electron chi connectivity index (χ3n) is 4.22. The summed E-state index contributed by atoms with van der Waals surface area (Å²) in [5.41, 5.74) is 6.17. The predicted octanol–water partition coefficient (Wildman–Crippen LogP) is 4.26. The molecular weight excluding hydrogens is 356 g/mol. The summed E-state index contributed by atoms with van der Waals surface area (Å²) < 4.78 is 0. The average molecular weight is 370 g/mol. The third kappa shape index (κ3) is 3.02. The molecule has 0 amide bonds. The molecule has 0 aliphatic heterocycles. The number of thioether (sulfide) groups is 1. The fraction of sp³-hybridized carbons (Fsp3) is 0.0500. The molecule has 0 atom stereocenters. The average Bonchev–Trinajstić information content (AvgIpc) is 3.22. The highest BCUT2D eigenvalue weighted by atomic mass is 32.2. The molecular formula is C20H14N6S. The van der Waals surface area contributed by atoms with Gasteiger partial charge < -0.3 is 4.98 Å². The first-order valence-corrected chi connectivity index (χ1v) is 9.45. The van der Waals surface area contributed by atoms with Crippen LogP contribution in [0.1, 0.15) is 5.69 Å². The lowest BCUT2D eigenvalue weighted by Crippen LogP contribution is -1.98. The molecule has 5 aromatic rings. The summed E-state index contributed by atoms with van der Waals surface area (Å²) in [6.07, 6.45) is 3.18. The summed E-state index contributed by atoms with van der Waals surface area (Å²) in [5, 5.41) is 0.829. The summed E-state index contributed by atoms with van der Waals surface area (Å²) in [4.78, 5) is 25.7. The number of aromatic nitrogens is 6. The molecule has 2 aromatic carbocycles. The number of nitrogens with zero attached hydrogens (tertiary/aromatic N) is 5. The molecule has 0 unspecified atom stereocenters. The van der Waals surface area contributed by atoms with Gasteiger partial charge in [-0.15, -0.1) is 0 Å². The highest BCUT2D eigenvalue weighted by molar-refractivity contribution is 7.98. The van der Waals surface area contributed by atoms with Crippen LogP contribution in [-0.4, -0.2) is 29.9 Å². The first kappa shape index (κ1) is 15.9. The van der Waals surface area contributed by atoms with Crippen LogP contribution in [0.4, 0.5) is 0 Å². The van der Waals surface area contributed by atoms with E-state index in [1.54, 1.807) is 24.4 Å². The highest BCUT2D eigenvalue weighted by Gasteiger charge is 2.13. The van der Waals surface area contributed by atoms with Gasteiger partial charge >= 0.3 is 0 Å². The van der Waals surface area contributed by atoms with Gasteiger partial charge in [0, 0.05) is 11.3 Å². The van der Waals surface area contributed by atoms with Crippen molar-refractivity contribution in [3.05, 3.63) is 72.9 Å². The van der Waals surface area contributed by atoms with E-state index in [4.69, 9.17) is 9.97 Å². The Morgan fingerprint density at radius 2 is 1.59 bits per heavy atom. The van der Waals surface area contributed by atoms with E-state index < -0.39 is 0 Å². The van der Waals surface area contributed by atoms with Gasteiger partial charge in [0.05, 0.1) is 28.7 Å². The lowest BCUT2D eigenvalue weighted by molar-refractivity contribution is 1.08. The number of imidazole rings is 1. The topological polar surface area (TPSA) is 80.2 Å². The van der Waals surface area contributed by atoms with Crippen molar-refractivity contribution in [1.82, 2.24) is 29.9 Å². The third-order valence-corrected chi connectivity index (χ3v) is 5.21. The van der Waals surface area contributed by atoms with Crippen LogP contribution >= 0.6 is 11.8 Å². The number of para-hydroxylation sites is 2. The fourth-order valence-corrected chi connectivity index (χ4v) is 3.83. The Kier molecular flexibility index (Phi) is 3.99. The van der Waals surface area contributed by atoms with E-state index in [0.29, 0.717) is 5.75 Å². The highest BCUT2D eigenvalue weighted by Crippen LogP contribution is 2.30. The largest absolute Gasteiger partial charge is 0.329 e. The van der Waals surface area contributed by atoms with Crippen LogP contribution in [0, 0.1) is 0 Å². The zero-order valence-corrected chi connectivity index (χ0v) is 15.0. The van der Waals surface area contributed by atoms with Crippen molar-refractivity contribution in [3.63, 3.8) is 0 Å². The maximum atomic E-state index is 4.88. The lowest BCUT2D eigenvalue weighted by Gasteiger charge is -2.10. The maximum absolute atomic E-state index is 4.88. The van der Waals surface area contributed by atoms with E-state index in [1.807, 2.05) is 42.5 Å². The number of aromatic amines is 1. The van der Waals surface area contributed by atoms with Crippen molar-refractivity contribution in [1.29, 1.82) is 0 Å². The molecule has 0 bridgehead atoms. The Hall–Kier alpha value is -3.32. The summed E-state index contributed by atoms with van der Waals surface area (Å²) in [6.45, 7) is 0. The number of benzene rings is 2. The summed E-state index contributed by atoms with van der Waals surface area (Å²) in [5.74, 6) is 0.640. The van der Waals surface area contributed by atoms with Crippen molar-refractivity contribution in [2.24, 2.45) is 0 Å². The van der Waals surface area contributed by atoms with Crippen LogP contribution in [0.5, 0.6) is 0 Å². The molecule has 0 fully saturated rings. The van der Waals surface area contributed by atoms with Gasteiger partial charge in [0.15, 0.2) is 5.65 Å². The number of hydrogen-bond acceptors (Lipinski definition) is 6. The number of rotatable bonds is 4. The minimum atomic E-state index is 0.640. The molecule has 0 aliphatic rings. The number of nitrogens with one attached hydrogen (secondary N) is 1. The van der Waals surface area contributed by atoms with Gasteiger partial charge in [0.25, 0.3) is 0 Å². The number of fused-ring (bicyclic) bond motifs is 2. The monoisotopic (exact) mass is 370 g/mol. The first-order valence-electron chi connectivity index (χ1n) is 8.46. The Labute approximate surface area is 159 Å². The van der Waals surface area contributed by atoms with E-state index in [9.17, 15) is 0 Å². The fourth-order valence-electron chi connectivity index (χ4n) is 2.95. The molecule has 3 aromatic heterocycles. The number of hydrogen-bond donors (Lipinski definition) is 1. The van der Waals surface area contributed by atoms with Crippen LogP contribution in [0.15, 0.2) is 72.3 Å². The molecule has 27 heavy (non-hydrogen) atoms. The van der Waals surface area contributed by atoms with E-state index in [0.717, 1.165) is 44.2 Å². The molecule has 0 aliphatic carbocycles. The quantitative estimate of drug-likeness (QED) is 0.376. The van der Waals surface area contributed by atoms with Crippen LogP contribution < -0.4 is 0 Å². The minimum absolute atomic E-state index is 0.640. The second-order valence-electron chi connectivity index (χ2n) is 5.94. The Bertz CT molecular complexity index is 1240. The van der Waals surface area contributed by atoms with Gasteiger partial charge in [0.2, 0.25) is 0 Å². The van der Waals surface area contributed by atoms with Crippen LogP contribution in [0.3, 0.4) is 0 Å². The first-order chi connectivity index (χ1) is 13.4. The zero-order valence-electron chi connectivity index (χ0n) is 14.2. The molecule has 130 valence electrons. The van der Waals surface area contributed by atoms with Crippen LogP contribution in [0.25, 0.3) is 33.5 Å². The van der Waals surface area contributed by atoms with E-state index >= 15 is 0 Å². The molecule has 3 heterocycles. The van der Waals surface area contributed by atoms with Crippen molar-refractivity contribution in [2.75, 3.05) is 0 Å². The van der Waals surface area contributed by atoms with E-state index in [2.05, 4.69) is 32.1 Å². The Morgan fingerprint density at radius 3 is 2.44 bits per heavy atom. The summed E-state index contributed by atoms with van der Waals surface area (Å²) >= 11 is 1.59. The maximum Gasteiger partial charge on any atom is 0.161 e. The summed E-state index contributed by atoms with van der Waals surface area (Å²) in [7, 11) is 0. The van der Waals surface area contributed by atoms with Crippen molar-refractivity contribution in [2.45, 2.75) is 10.8 Å². The minimum Gasteiger partial charge on any atom is -0.329 e. The molecule has 0 radical (unpaired) electrons. The van der Waals surface area contributed by atoms with Gasteiger partial charge in [-0.25, -0.2) is 24.9 Å². The predicted molar refractivity (Wildman–Crippen MR) is 106 cm³/mol. The van der Waals surface area contributed by atoms with Crippen molar-refractivity contribution >= 4 is 34.0 Å². The van der Waals surface area contributed by atoms with Crippen LogP contribution in [-0.2, 0) is 5.75 Å². The lowest BCUT2D eigenvalue weighted by atomic mass is 10.1. The molecule has 5 rings (SSSR count). The SMILES string of the molecule is c1ccc(-c2nc3ccccc3nc2CSc2ncnc3[nH]cnc23)cc1. The van der Waals surface area contributed by atoms with Gasteiger partial charge in [-0.05, 0) is 12.1 Å². The smallest absolute Gasteiger partial charge is 0.161 e. The second-order valence-corrected chi connectivity index (χ2v) is 6.90. The van der Waals surface area contributed by atoms with Gasteiger partial charge in [-0.3, -0.25) is 0 Å². The van der Waals surface area contributed by atoms with E-state index in [1.165, 1.54) is 0 Å². The Balaban J connectivity index is 1.58. The van der Waals surface area contributed by atoms with Crippen molar-refractivity contribution < 1.29 is 0 Å². The molecule has 0 saturated carbocycles. The Morgan fingerprint density at radius 1 is 0.815 bits per heavy atom. The molecule has 1 N–H and O–H groups in total. The van der Waals surface area contributed by atoms with Crippen molar-refractivity contribution in [3.8, 4) is 11.3 Å². The normalized spacial score (nSPS) is 11.3. The van der Waals surface area contributed by atoms with Gasteiger partial charge in [-0.2, -0.15) is 0 Å².